The van der Waals surface area contributed by atoms with Gasteiger partial charge in [-0.15, -0.1) is 0 Å². The van der Waals surface area contributed by atoms with Gasteiger partial charge in [0.25, 0.3) is 0 Å². The summed E-state index contributed by atoms with van der Waals surface area (Å²) in [5, 5.41) is 19.8. The van der Waals surface area contributed by atoms with Crippen LogP contribution in [0.25, 0.3) is 0 Å². The first-order valence-electron chi connectivity index (χ1n) is 9.51. The monoisotopic (exact) mass is 353 g/mol. The van der Waals surface area contributed by atoms with E-state index in [1.54, 1.807) is 0 Å². The summed E-state index contributed by atoms with van der Waals surface area (Å²) < 4.78 is 5.85. The third kappa shape index (κ3) is 4.09. The Morgan fingerprint density at radius 1 is 0.808 bits per heavy atom. The van der Waals surface area contributed by atoms with Gasteiger partial charge in [-0.05, 0) is 47.9 Å². The van der Waals surface area contributed by atoms with E-state index in [4.69, 9.17) is 4.74 Å². The van der Waals surface area contributed by atoms with Gasteiger partial charge < -0.3 is 14.9 Å². The molecule has 138 valence electrons. The van der Waals surface area contributed by atoms with Crippen molar-refractivity contribution in [2.24, 2.45) is 11.8 Å². The molecule has 2 N–H and O–H groups in total. The molecule has 1 aliphatic carbocycles. The zero-order valence-electron chi connectivity index (χ0n) is 15.0. The normalized spacial score (nSPS) is 28.7. The van der Waals surface area contributed by atoms with Crippen molar-refractivity contribution in [3.8, 4) is 5.75 Å². The van der Waals surface area contributed by atoms with Gasteiger partial charge in [0.05, 0.1) is 12.2 Å². The summed E-state index contributed by atoms with van der Waals surface area (Å²) in [6, 6.07) is 18.5. The molecule has 1 saturated heterocycles. The molecule has 0 aromatic heterocycles. The number of aliphatic hydroxyl groups is 2. The lowest BCUT2D eigenvalue weighted by atomic mass is 9.79. The van der Waals surface area contributed by atoms with Crippen molar-refractivity contribution in [1.29, 1.82) is 0 Å². The van der Waals surface area contributed by atoms with Crippen LogP contribution in [0.1, 0.15) is 24.0 Å². The average molecular weight is 353 g/mol. The quantitative estimate of drug-likeness (QED) is 0.868. The average Bonchev–Trinajstić information content (AvgIpc) is 3.03. The first-order chi connectivity index (χ1) is 12.7. The molecule has 2 fully saturated rings. The zero-order valence-corrected chi connectivity index (χ0v) is 15.0. The van der Waals surface area contributed by atoms with E-state index >= 15 is 0 Å². The molecule has 26 heavy (non-hydrogen) atoms. The van der Waals surface area contributed by atoms with Gasteiger partial charge in [0.1, 0.15) is 12.4 Å². The minimum atomic E-state index is -0.544. The van der Waals surface area contributed by atoms with Crippen LogP contribution in [0.3, 0.4) is 0 Å². The van der Waals surface area contributed by atoms with Crippen LogP contribution in [-0.2, 0) is 13.2 Å². The predicted molar refractivity (Wildman–Crippen MR) is 101 cm³/mol. The van der Waals surface area contributed by atoms with Crippen molar-refractivity contribution < 1.29 is 14.9 Å². The predicted octanol–water partition coefficient (Wildman–Crippen LogP) is 2.83. The molecule has 0 bridgehead atoms. The van der Waals surface area contributed by atoms with Gasteiger partial charge in [-0.3, -0.25) is 4.90 Å². The lowest BCUT2D eigenvalue weighted by molar-refractivity contribution is -0.0372. The third-order valence-corrected chi connectivity index (χ3v) is 5.76. The molecule has 4 atom stereocenters. The van der Waals surface area contributed by atoms with Crippen LogP contribution in [0.4, 0.5) is 0 Å². The molecule has 4 nitrogen and oxygen atoms in total. The minimum Gasteiger partial charge on any atom is -0.489 e. The van der Waals surface area contributed by atoms with E-state index in [9.17, 15) is 10.2 Å². The van der Waals surface area contributed by atoms with E-state index < -0.39 is 12.2 Å². The molecule has 0 unspecified atom stereocenters. The van der Waals surface area contributed by atoms with Crippen molar-refractivity contribution in [1.82, 2.24) is 4.90 Å². The highest BCUT2D eigenvalue weighted by molar-refractivity contribution is 5.28. The molecule has 4 rings (SSSR count). The van der Waals surface area contributed by atoms with Crippen LogP contribution in [0.2, 0.25) is 0 Å². The Bertz CT molecular complexity index is 685. The second-order valence-electron chi connectivity index (χ2n) is 7.74. The Morgan fingerprint density at radius 3 is 2.04 bits per heavy atom. The molecule has 4 heteroatoms. The summed E-state index contributed by atoms with van der Waals surface area (Å²) in [4.78, 5) is 2.44. The van der Waals surface area contributed by atoms with E-state index in [1.807, 2.05) is 30.3 Å². The molecule has 0 spiro atoms. The number of nitrogens with zero attached hydrogens (tertiary/aromatic N) is 1. The number of likely N-dealkylation sites (tertiary alicyclic amines) is 1. The Balaban J connectivity index is 1.29. The molecule has 2 aliphatic rings. The van der Waals surface area contributed by atoms with Gasteiger partial charge in [0, 0.05) is 19.6 Å². The lowest BCUT2D eigenvalue weighted by Gasteiger charge is -2.32. The van der Waals surface area contributed by atoms with Crippen molar-refractivity contribution in [3.63, 3.8) is 0 Å². The largest absolute Gasteiger partial charge is 0.489 e. The molecule has 1 heterocycles. The highest BCUT2D eigenvalue weighted by Crippen LogP contribution is 2.37. The fourth-order valence-electron chi connectivity index (χ4n) is 4.32. The maximum absolute atomic E-state index is 9.88. The van der Waals surface area contributed by atoms with E-state index in [0.29, 0.717) is 18.4 Å². The maximum atomic E-state index is 9.88. The standard InChI is InChI=1S/C22H27NO3/c24-21-10-18-13-23(14-19(18)11-22(21)25)12-16-6-8-20(9-7-16)26-15-17-4-2-1-3-5-17/h1-9,18-19,21-22,24-25H,10-15H2/t18-,19+,21-,22-/m1/s1. The third-order valence-electron chi connectivity index (χ3n) is 5.76. The Morgan fingerprint density at radius 2 is 1.42 bits per heavy atom. The molecule has 1 saturated carbocycles. The van der Waals surface area contributed by atoms with Gasteiger partial charge in [0.15, 0.2) is 0 Å². The Kier molecular flexibility index (Phi) is 5.25. The fourth-order valence-corrected chi connectivity index (χ4v) is 4.32. The number of ether oxygens (including phenoxy) is 1. The Labute approximate surface area is 155 Å². The lowest BCUT2D eigenvalue weighted by Crippen LogP contribution is -2.38. The molecule has 2 aromatic rings. The second kappa shape index (κ2) is 7.78. The van der Waals surface area contributed by atoms with Gasteiger partial charge in [-0.25, -0.2) is 0 Å². The highest BCUT2D eigenvalue weighted by atomic mass is 16.5. The first kappa shape index (κ1) is 17.5. The smallest absolute Gasteiger partial charge is 0.119 e. The highest BCUT2D eigenvalue weighted by Gasteiger charge is 2.40. The van der Waals surface area contributed by atoms with Crippen LogP contribution in [0.5, 0.6) is 5.75 Å². The fraction of sp³-hybridized carbons (Fsp3) is 0.455. The van der Waals surface area contributed by atoms with Gasteiger partial charge in [0.2, 0.25) is 0 Å². The number of fused-ring (bicyclic) bond motifs is 1. The van der Waals surface area contributed by atoms with Gasteiger partial charge in [-0.2, -0.15) is 0 Å². The van der Waals surface area contributed by atoms with Gasteiger partial charge >= 0.3 is 0 Å². The van der Waals surface area contributed by atoms with E-state index in [-0.39, 0.29) is 0 Å². The van der Waals surface area contributed by atoms with Crippen molar-refractivity contribution >= 4 is 0 Å². The van der Waals surface area contributed by atoms with E-state index in [0.717, 1.165) is 38.2 Å². The topological polar surface area (TPSA) is 52.9 Å². The number of rotatable bonds is 5. The zero-order chi connectivity index (χ0) is 17.9. The molecular weight excluding hydrogens is 326 g/mol. The van der Waals surface area contributed by atoms with Crippen molar-refractivity contribution in [2.45, 2.75) is 38.2 Å². The second-order valence-corrected chi connectivity index (χ2v) is 7.74. The molecule has 0 radical (unpaired) electrons. The Hall–Kier alpha value is -1.88. The van der Waals surface area contributed by atoms with E-state index in [2.05, 4.69) is 29.2 Å². The molecule has 0 amide bonds. The van der Waals surface area contributed by atoms with Crippen molar-refractivity contribution in [3.05, 3.63) is 65.7 Å². The van der Waals surface area contributed by atoms with Crippen molar-refractivity contribution in [2.75, 3.05) is 13.1 Å². The summed E-state index contributed by atoms with van der Waals surface area (Å²) >= 11 is 0. The molecular formula is C22H27NO3. The minimum absolute atomic E-state index is 0.516. The molecule has 2 aromatic carbocycles. The SMILES string of the molecule is O[C@@H]1C[C@@H]2CN(Cc3ccc(OCc4ccccc4)cc3)C[C@@H]2C[C@H]1O. The number of hydrogen-bond donors (Lipinski definition) is 2. The summed E-state index contributed by atoms with van der Waals surface area (Å²) in [6.45, 7) is 3.53. The summed E-state index contributed by atoms with van der Waals surface area (Å²) in [5.41, 5.74) is 2.44. The van der Waals surface area contributed by atoms with E-state index in [1.165, 1.54) is 11.1 Å². The van der Waals surface area contributed by atoms with Crippen LogP contribution in [0.15, 0.2) is 54.6 Å². The number of hydrogen-bond acceptors (Lipinski definition) is 4. The first-order valence-corrected chi connectivity index (χ1v) is 9.51. The van der Waals surface area contributed by atoms with Crippen LogP contribution in [-0.4, -0.2) is 40.4 Å². The summed E-state index contributed by atoms with van der Waals surface area (Å²) in [7, 11) is 0. The number of aliphatic hydroxyl groups excluding tert-OH is 2. The summed E-state index contributed by atoms with van der Waals surface area (Å²) in [6.07, 6.45) is 0.373. The number of benzene rings is 2. The van der Waals surface area contributed by atoms with Crippen LogP contribution >= 0.6 is 0 Å². The molecule has 1 aliphatic heterocycles. The maximum Gasteiger partial charge on any atom is 0.119 e. The van der Waals surface area contributed by atoms with Gasteiger partial charge in [-0.1, -0.05) is 42.5 Å². The summed E-state index contributed by atoms with van der Waals surface area (Å²) in [5.74, 6) is 1.92. The van der Waals surface area contributed by atoms with Crippen LogP contribution in [0, 0.1) is 11.8 Å². The van der Waals surface area contributed by atoms with Crippen LogP contribution < -0.4 is 4.74 Å².